The summed E-state index contributed by atoms with van der Waals surface area (Å²) in [6.07, 6.45) is 0.276. The van der Waals surface area contributed by atoms with Gasteiger partial charge in [-0.05, 0) is 29.8 Å². The van der Waals surface area contributed by atoms with E-state index in [1.54, 1.807) is 17.0 Å². The molecule has 6 nitrogen and oxygen atoms in total. The van der Waals surface area contributed by atoms with Crippen LogP contribution in [0.1, 0.15) is 5.56 Å². The van der Waals surface area contributed by atoms with E-state index in [1.807, 2.05) is 23.1 Å². The number of anilines is 1. The van der Waals surface area contributed by atoms with Gasteiger partial charge in [0.1, 0.15) is 5.82 Å². The maximum absolute atomic E-state index is 13.3. The van der Waals surface area contributed by atoms with Gasteiger partial charge in [0.25, 0.3) is 0 Å². The summed E-state index contributed by atoms with van der Waals surface area (Å²) in [5.41, 5.74) is 1.48. The van der Waals surface area contributed by atoms with Crippen LogP contribution in [0.2, 0.25) is 5.02 Å². The number of nitrogens with one attached hydrogen (secondary N) is 1. The Bertz CT molecular complexity index is 1080. The highest BCUT2D eigenvalue weighted by Crippen LogP contribution is 2.26. The van der Waals surface area contributed by atoms with Crippen molar-refractivity contribution in [2.45, 2.75) is 6.42 Å². The van der Waals surface area contributed by atoms with Crippen molar-refractivity contribution in [1.29, 1.82) is 0 Å². The molecule has 0 radical (unpaired) electrons. The van der Waals surface area contributed by atoms with Gasteiger partial charge in [0.2, 0.25) is 11.8 Å². The molecule has 1 saturated heterocycles. The molecule has 1 N–H and O–H groups in total. The van der Waals surface area contributed by atoms with Crippen LogP contribution in [0, 0.1) is 5.82 Å². The number of fused-ring (bicyclic) bond motifs is 1. The fourth-order valence-corrected chi connectivity index (χ4v) is 4.50. The molecular formula is C21H20ClFN4O2S. The Morgan fingerprint density at radius 1 is 1.13 bits per heavy atom. The zero-order valence-electron chi connectivity index (χ0n) is 16.1. The topological polar surface area (TPSA) is 65.5 Å². The molecule has 30 heavy (non-hydrogen) atoms. The van der Waals surface area contributed by atoms with Crippen LogP contribution in [-0.2, 0) is 16.0 Å². The van der Waals surface area contributed by atoms with Crippen molar-refractivity contribution in [2.24, 2.45) is 0 Å². The third-order valence-electron chi connectivity index (χ3n) is 4.99. The lowest BCUT2D eigenvalue weighted by molar-refractivity contribution is -0.132. The first kappa shape index (κ1) is 20.7. The second-order valence-corrected chi connectivity index (χ2v) is 8.54. The number of aromatic nitrogens is 1. The molecule has 2 aromatic carbocycles. The molecule has 0 atom stereocenters. The maximum atomic E-state index is 13.3. The SMILES string of the molecule is O=C(CN1CCN(C(=O)Cc2ccccc2Cl)CC1)Nc1nc2ccc(F)cc2s1. The minimum atomic E-state index is -0.328. The van der Waals surface area contributed by atoms with Crippen LogP contribution in [0.3, 0.4) is 0 Å². The second-order valence-electron chi connectivity index (χ2n) is 7.10. The van der Waals surface area contributed by atoms with Gasteiger partial charge in [-0.1, -0.05) is 41.1 Å². The van der Waals surface area contributed by atoms with Crippen LogP contribution >= 0.6 is 22.9 Å². The summed E-state index contributed by atoms with van der Waals surface area (Å²) in [6.45, 7) is 2.59. The fourth-order valence-electron chi connectivity index (χ4n) is 3.39. The molecule has 156 valence electrons. The summed E-state index contributed by atoms with van der Waals surface area (Å²) >= 11 is 7.38. The number of carbonyl (C=O) groups is 2. The molecule has 0 unspecified atom stereocenters. The smallest absolute Gasteiger partial charge is 0.240 e. The van der Waals surface area contributed by atoms with Crippen molar-refractivity contribution in [1.82, 2.24) is 14.8 Å². The zero-order chi connectivity index (χ0) is 21.1. The van der Waals surface area contributed by atoms with E-state index in [0.717, 1.165) is 5.56 Å². The quantitative estimate of drug-likeness (QED) is 0.652. The number of thiazole rings is 1. The van der Waals surface area contributed by atoms with Crippen molar-refractivity contribution < 1.29 is 14.0 Å². The van der Waals surface area contributed by atoms with E-state index in [9.17, 15) is 14.0 Å². The molecular weight excluding hydrogens is 427 g/mol. The van der Waals surface area contributed by atoms with Crippen LogP contribution in [0.5, 0.6) is 0 Å². The van der Waals surface area contributed by atoms with E-state index in [1.165, 1.54) is 23.5 Å². The van der Waals surface area contributed by atoms with Gasteiger partial charge in [-0.2, -0.15) is 0 Å². The summed E-state index contributed by atoms with van der Waals surface area (Å²) in [7, 11) is 0. The molecule has 1 aliphatic rings. The van der Waals surface area contributed by atoms with Crippen LogP contribution < -0.4 is 5.32 Å². The summed E-state index contributed by atoms with van der Waals surface area (Å²) in [5.74, 6) is -0.467. The number of rotatable bonds is 5. The number of hydrogen-bond donors (Lipinski definition) is 1. The van der Waals surface area contributed by atoms with Crippen molar-refractivity contribution in [2.75, 3.05) is 38.0 Å². The predicted molar refractivity (Wildman–Crippen MR) is 116 cm³/mol. The van der Waals surface area contributed by atoms with Crippen molar-refractivity contribution >= 4 is 50.1 Å². The molecule has 0 aliphatic carbocycles. The molecule has 2 amide bonds. The molecule has 1 aromatic heterocycles. The third kappa shape index (κ3) is 4.95. The first-order valence-electron chi connectivity index (χ1n) is 9.57. The molecule has 0 spiro atoms. The number of nitrogens with zero attached hydrogens (tertiary/aromatic N) is 3. The van der Waals surface area contributed by atoms with Gasteiger partial charge in [-0.25, -0.2) is 9.37 Å². The molecule has 1 fully saturated rings. The lowest BCUT2D eigenvalue weighted by Gasteiger charge is -2.34. The lowest BCUT2D eigenvalue weighted by Crippen LogP contribution is -2.50. The molecule has 3 aromatic rings. The summed E-state index contributed by atoms with van der Waals surface area (Å²) in [6, 6.07) is 11.7. The molecule has 0 saturated carbocycles. The van der Waals surface area contributed by atoms with Crippen molar-refractivity contribution in [3.63, 3.8) is 0 Å². The summed E-state index contributed by atoms with van der Waals surface area (Å²) in [5, 5.41) is 3.83. The van der Waals surface area contributed by atoms with E-state index in [-0.39, 0.29) is 30.6 Å². The number of hydrogen-bond acceptors (Lipinski definition) is 5. The van der Waals surface area contributed by atoms with Gasteiger partial charge in [0.05, 0.1) is 23.2 Å². The number of halogens is 2. The largest absolute Gasteiger partial charge is 0.340 e. The minimum Gasteiger partial charge on any atom is -0.340 e. The molecule has 0 bridgehead atoms. The normalized spacial score (nSPS) is 14.8. The molecule has 9 heteroatoms. The average molecular weight is 447 g/mol. The Morgan fingerprint density at radius 2 is 1.90 bits per heavy atom. The highest BCUT2D eigenvalue weighted by molar-refractivity contribution is 7.22. The third-order valence-corrected chi connectivity index (χ3v) is 6.29. The van der Waals surface area contributed by atoms with Gasteiger partial charge in [0, 0.05) is 31.2 Å². The number of amides is 2. The minimum absolute atomic E-state index is 0.0360. The monoisotopic (exact) mass is 446 g/mol. The Hall–Kier alpha value is -2.55. The molecule has 1 aliphatic heterocycles. The Labute approximate surface area is 182 Å². The van der Waals surface area contributed by atoms with Gasteiger partial charge >= 0.3 is 0 Å². The van der Waals surface area contributed by atoms with Gasteiger partial charge in [-0.15, -0.1) is 0 Å². The summed E-state index contributed by atoms with van der Waals surface area (Å²) in [4.78, 5) is 33.0. The van der Waals surface area contributed by atoms with E-state index < -0.39 is 0 Å². The first-order chi connectivity index (χ1) is 14.5. The summed E-state index contributed by atoms with van der Waals surface area (Å²) < 4.78 is 14.0. The van der Waals surface area contributed by atoms with E-state index in [4.69, 9.17) is 11.6 Å². The zero-order valence-corrected chi connectivity index (χ0v) is 17.7. The van der Waals surface area contributed by atoms with Gasteiger partial charge < -0.3 is 10.2 Å². The highest BCUT2D eigenvalue weighted by atomic mass is 35.5. The number of carbonyl (C=O) groups excluding carboxylic acids is 2. The standard InChI is InChI=1S/C21H20ClFN4O2S/c22-16-4-2-1-3-14(16)11-20(29)27-9-7-26(8-10-27)13-19(28)25-21-24-17-6-5-15(23)12-18(17)30-21/h1-6,12H,7-11,13H2,(H,24,25,28). The number of benzene rings is 2. The van der Waals surface area contributed by atoms with Crippen molar-refractivity contribution in [3.8, 4) is 0 Å². The van der Waals surface area contributed by atoms with E-state index in [0.29, 0.717) is 46.5 Å². The lowest BCUT2D eigenvalue weighted by atomic mass is 10.1. The Kier molecular flexibility index (Phi) is 6.26. The van der Waals surface area contributed by atoms with Gasteiger partial charge in [-0.3, -0.25) is 14.5 Å². The van der Waals surface area contributed by atoms with E-state index >= 15 is 0 Å². The second kappa shape index (κ2) is 9.07. The van der Waals surface area contributed by atoms with E-state index in [2.05, 4.69) is 10.3 Å². The average Bonchev–Trinajstić information content (AvgIpc) is 3.11. The Balaban J connectivity index is 1.26. The van der Waals surface area contributed by atoms with Crippen LogP contribution in [0.15, 0.2) is 42.5 Å². The van der Waals surface area contributed by atoms with Crippen LogP contribution in [-0.4, -0.2) is 59.3 Å². The predicted octanol–water partition coefficient (Wildman–Crippen LogP) is 3.41. The highest BCUT2D eigenvalue weighted by Gasteiger charge is 2.23. The van der Waals surface area contributed by atoms with Crippen LogP contribution in [0.4, 0.5) is 9.52 Å². The Morgan fingerprint density at radius 3 is 2.67 bits per heavy atom. The fraction of sp³-hybridized carbons (Fsp3) is 0.286. The number of piperazine rings is 1. The maximum Gasteiger partial charge on any atom is 0.240 e. The van der Waals surface area contributed by atoms with Crippen molar-refractivity contribution in [3.05, 3.63) is 58.9 Å². The molecule has 2 heterocycles. The van der Waals surface area contributed by atoms with Crippen LogP contribution in [0.25, 0.3) is 10.2 Å². The van der Waals surface area contributed by atoms with Gasteiger partial charge in [0.15, 0.2) is 5.13 Å². The first-order valence-corrected chi connectivity index (χ1v) is 10.8. The molecule has 4 rings (SSSR count).